The quantitative estimate of drug-likeness (QED) is 0.463. The van der Waals surface area contributed by atoms with Crippen molar-refractivity contribution in [2.24, 2.45) is 10.7 Å². The maximum Gasteiger partial charge on any atom is 0.265 e. The van der Waals surface area contributed by atoms with Crippen molar-refractivity contribution in [2.45, 2.75) is 18.7 Å². The molecule has 0 radical (unpaired) electrons. The van der Waals surface area contributed by atoms with Gasteiger partial charge in [-0.15, -0.1) is 11.6 Å². The second-order valence-electron chi connectivity index (χ2n) is 5.25. The van der Waals surface area contributed by atoms with Crippen LogP contribution in [0, 0.1) is 13.8 Å². The first-order valence-corrected chi connectivity index (χ1v) is 9.41. The van der Waals surface area contributed by atoms with Gasteiger partial charge >= 0.3 is 0 Å². The number of hydrogen-bond donors (Lipinski definition) is 2. The first-order chi connectivity index (χ1) is 11.2. The van der Waals surface area contributed by atoms with Crippen molar-refractivity contribution in [3.63, 3.8) is 0 Å². The van der Waals surface area contributed by atoms with Crippen molar-refractivity contribution >= 4 is 50.4 Å². The van der Waals surface area contributed by atoms with Crippen LogP contribution < -0.4 is 10.5 Å². The lowest BCUT2D eigenvalue weighted by Crippen LogP contribution is -2.16. The van der Waals surface area contributed by atoms with Gasteiger partial charge in [0.05, 0.1) is 22.3 Å². The first kappa shape index (κ1) is 18.6. The Balaban J connectivity index is 2.53. The number of aliphatic imine (C=N–C) groups is 1. The van der Waals surface area contributed by atoms with Gasteiger partial charge in [0.15, 0.2) is 0 Å². The van der Waals surface area contributed by atoms with Gasteiger partial charge in [0.25, 0.3) is 10.0 Å². The molecule has 128 valence electrons. The van der Waals surface area contributed by atoms with Gasteiger partial charge in [-0.25, -0.2) is 13.4 Å². The molecule has 3 N–H and O–H groups in total. The van der Waals surface area contributed by atoms with Gasteiger partial charge in [-0.3, -0.25) is 4.72 Å². The Kier molecular flexibility index (Phi) is 5.74. The zero-order chi connectivity index (χ0) is 17.9. The van der Waals surface area contributed by atoms with E-state index in [1.54, 1.807) is 12.1 Å². The Labute approximate surface area is 151 Å². The number of aryl methyl sites for hydroxylation is 2. The zero-order valence-corrected chi connectivity index (χ0v) is 15.5. The highest BCUT2D eigenvalue weighted by molar-refractivity contribution is 7.93. The third-order valence-corrected chi connectivity index (χ3v) is 5.40. The molecular formula is C16H17Cl2N3O2S. The maximum atomic E-state index is 12.8. The summed E-state index contributed by atoms with van der Waals surface area (Å²) in [5.74, 6) is 0.0816. The number of halogens is 2. The summed E-state index contributed by atoms with van der Waals surface area (Å²) in [6.07, 6.45) is 0. The first-order valence-electron chi connectivity index (χ1n) is 7.02. The van der Waals surface area contributed by atoms with Crippen LogP contribution in [0.25, 0.3) is 0 Å². The lowest BCUT2D eigenvalue weighted by Gasteiger charge is -2.14. The topological polar surface area (TPSA) is 84.5 Å². The molecule has 0 atom stereocenters. The van der Waals surface area contributed by atoms with Gasteiger partial charge in [0.2, 0.25) is 0 Å². The molecule has 5 nitrogen and oxygen atoms in total. The van der Waals surface area contributed by atoms with E-state index in [4.69, 9.17) is 28.9 Å². The maximum absolute atomic E-state index is 12.8. The van der Waals surface area contributed by atoms with E-state index in [0.29, 0.717) is 5.69 Å². The molecule has 2 aromatic carbocycles. The molecule has 0 aromatic heterocycles. The van der Waals surface area contributed by atoms with Crippen LogP contribution in [-0.4, -0.2) is 20.1 Å². The van der Waals surface area contributed by atoms with Crippen molar-refractivity contribution in [1.29, 1.82) is 0 Å². The summed E-state index contributed by atoms with van der Waals surface area (Å²) in [5.41, 5.74) is 8.07. The molecule has 8 heteroatoms. The molecular weight excluding hydrogens is 369 g/mol. The third kappa shape index (κ3) is 4.20. The van der Waals surface area contributed by atoms with E-state index in [1.165, 1.54) is 12.1 Å². The van der Waals surface area contributed by atoms with Crippen LogP contribution in [0.5, 0.6) is 0 Å². The summed E-state index contributed by atoms with van der Waals surface area (Å²) in [6, 6.07) is 10.0. The van der Waals surface area contributed by atoms with E-state index >= 15 is 0 Å². The largest absolute Gasteiger partial charge is 0.386 e. The molecule has 0 aliphatic rings. The number of nitrogens with one attached hydrogen (secondary N) is 1. The minimum Gasteiger partial charge on any atom is -0.386 e. The molecule has 0 bridgehead atoms. The van der Waals surface area contributed by atoms with E-state index in [2.05, 4.69) is 9.71 Å². The van der Waals surface area contributed by atoms with Crippen molar-refractivity contribution in [2.75, 3.05) is 10.6 Å². The van der Waals surface area contributed by atoms with Gasteiger partial charge in [0, 0.05) is 0 Å². The molecule has 2 rings (SSSR count). The van der Waals surface area contributed by atoms with E-state index in [0.717, 1.165) is 11.1 Å². The highest BCUT2D eigenvalue weighted by Crippen LogP contribution is 2.33. The van der Waals surface area contributed by atoms with Crippen LogP contribution in [0.1, 0.15) is 11.1 Å². The predicted molar refractivity (Wildman–Crippen MR) is 100 cm³/mol. The fraction of sp³-hybridized carbons (Fsp3) is 0.188. The predicted octanol–water partition coefficient (Wildman–Crippen LogP) is 3.99. The van der Waals surface area contributed by atoms with Crippen LogP contribution in [0.3, 0.4) is 0 Å². The Morgan fingerprint density at radius 2 is 1.96 bits per heavy atom. The number of anilines is 1. The number of alkyl halides is 1. The van der Waals surface area contributed by atoms with Crippen LogP contribution in [0.2, 0.25) is 5.02 Å². The van der Waals surface area contributed by atoms with Crippen LogP contribution in [-0.2, 0) is 10.0 Å². The van der Waals surface area contributed by atoms with E-state index < -0.39 is 10.0 Å². The zero-order valence-electron chi connectivity index (χ0n) is 13.2. The summed E-state index contributed by atoms with van der Waals surface area (Å²) < 4.78 is 28.2. The molecule has 0 fully saturated rings. The van der Waals surface area contributed by atoms with E-state index in [1.807, 2.05) is 26.0 Å². The molecule has 2 aromatic rings. The summed E-state index contributed by atoms with van der Waals surface area (Å²) in [6.45, 7) is 3.75. The van der Waals surface area contributed by atoms with Gasteiger partial charge < -0.3 is 5.73 Å². The summed E-state index contributed by atoms with van der Waals surface area (Å²) in [7, 11) is -3.95. The van der Waals surface area contributed by atoms with Crippen LogP contribution >= 0.6 is 23.2 Å². The Bertz CT molecular complexity index is 896. The lowest BCUT2D eigenvalue weighted by atomic mass is 10.1. The fourth-order valence-electron chi connectivity index (χ4n) is 2.16. The standard InChI is InChI=1S/C16H17Cl2N3O2S/c1-10-6-7-13(11(2)8-10)21-24(22,23)16-12(18)4-3-5-14(16)20-15(19)9-17/h3-8,21H,9H2,1-2H3,(H2,19,20). The minimum absolute atomic E-state index is 0.0174. The third-order valence-electron chi connectivity index (χ3n) is 3.24. The van der Waals surface area contributed by atoms with Gasteiger partial charge in [-0.05, 0) is 37.6 Å². The average molecular weight is 386 g/mol. The SMILES string of the molecule is Cc1ccc(NS(=O)(=O)c2c(Cl)cccc2N=C(N)CCl)c(C)c1. The van der Waals surface area contributed by atoms with E-state index in [9.17, 15) is 8.42 Å². The molecule has 0 saturated heterocycles. The monoisotopic (exact) mass is 385 g/mol. The summed E-state index contributed by atoms with van der Waals surface area (Å²) >= 11 is 11.7. The van der Waals surface area contributed by atoms with Crippen LogP contribution in [0.4, 0.5) is 11.4 Å². The number of amidine groups is 1. The minimum atomic E-state index is -3.95. The van der Waals surface area contributed by atoms with E-state index in [-0.39, 0.29) is 27.3 Å². The van der Waals surface area contributed by atoms with Gasteiger partial charge in [0.1, 0.15) is 10.7 Å². The van der Waals surface area contributed by atoms with Gasteiger partial charge in [-0.1, -0.05) is 35.4 Å². The molecule has 24 heavy (non-hydrogen) atoms. The molecule has 0 aliphatic carbocycles. The molecule has 0 heterocycles. The van der Waals surface area contributed by atoms with Crippen molar-refractivity contribution in [3.8, 4) is 0 Å². The number of sulfonamides is 1. The Hall–Kier alpha value is -1.76. The molecule has 0 aliphatic heterocycles. The number of benzene rings is 2. The highest BCUT2D eigenvalue weighted by atomic mass is 35.5. The molecule has 0 amide bonds. The molecule has 0 spiro atoms. The molecule has 0 saturated carbocycles. The number of nitrogens with two attached hydrogens (primary N) is 1. The van der Waals surface area contributed by atoms with Crippen molar-refractivity contribution in [1.82, 2.24) is 0 Å². The van der Waals surface area contributed by atoms with Crippen molar-refractivity contribution in [3.05, 3.63) is 52.5 Å². The summed E-state index contributed by atoms with van der Waals surface area (Å²) in [5, 5.41) is 0.0517. The number of rotatable bonds is 5. The Morgan fingerprint density at radius 1 is 1.25 bits per heavy atom. The average Bonchev–Trinajstić information content (AvgIpc) is 2.49. The number of hydrogen-bond acceptors (Lipinski definition) is 3. The second kappa shape index (κ2) is 7.42. The lowest BCUT2D eigenvalue weighted by molar-refractivity contribution is 0.601. The Morgan fingerprint density at radius 3 is 2.58 bits per heavy atom. The summed E-state index contributed by atoms with van der Waals surface area (Å²) in [4.78, 5) is 3.90. The smallest absolute Gasteiger partial charge is 0.265 e. The second-order valence-corrected chi connectivity index (χ2v) is 7.54. The molecule has 0 unspecified atom stereocenters. The fourth-order valence-corrected chi connectivity index (χ4v) is 4.03. The highest BCUT2D eigenvalue weighted by Gasteiger charge is 2.23. The normalized spacial score (nSPS) is 12.2. The van der Waals surface area contributed by atoms with Crippen LogP contribution in [0.15, 0.2) is 46.3 Å². The number of nitrogens with zero attached hydrogens (tertiary/aromatic N) is 1. The van der Waals surface area contributed by atoms with Gasteiger partial charge in [-0.2, -0.15) is 0 Å². The van der Waals surface area contributed by atoms with Crippen molar-refractivity contribution < 1.29 is 8.42 Å².